The van der Waals surface area contributed by atoms with Crippen LogP contribution in [0, 0.1) is 5.41 Å². The van der Waals surface area contributed by atoms with Crippen LogP contribution in [0.15, 0.2) is 42.6 Å². The number of carbonyl (C=O) groups excluding carboxylic acids is 1. The van der Waals surface area contributed by atoms with Gasteiger partial charge in [0, 0.05) is 34.4 Å². The van der Waals surface area contributed by atoms with Crippen molar-refractivity contribution in [2.24, 2.45) is 5.41 Å². The Morgan fingerprint density at radius 3 is 2.72 bits per heavy atom. The van der Waals surface area contributed by atoms with Crippen LogP contribution in [0.3, 0.4) is 0 Å². The second-order valence-corrected chi connectivity index (χ2v) is 8.32. The molecular formula is C22H20ClN3O3. The molecule has 0 saturated heterocycles. The highest BCUT2D eigenvalue weighted by Gasteiger charge is 2.56. The van der Waals surface area contributed by atoms with Crippen molar-refractivity contribution < 1.29 is 14.7 Å². The van der Waals surface area contributed by atoms with Gasteiger partial charge in [-0.2, -0.15) is 0 Å². The molecule has 2 aliphatic rings. The Labute approximate surface area is 172 Å². The van der Waals surface area contributed by atoms with Crippen molar-refractivity contribution in [3.8, 4) is 0 Å². The molecule has 0 radical (unpaired) electrons. The highest BCUT2D eigenvalue weighted by atomic mass is 35.5. The minimum atomic E-state index is -0.982. The van der Waals surface area contributed by atoms with Gasteiger partial charge in [-0.15, -0.1) is 0 Å². The van der Waals surface area contributed by atoms with Crippen LogP contribution in [0.5, 0.6) is 0 Å². The first-order valence-corrected chi connectivity index (χ1v) is 10.1. The molecule has 0 bridgehead atoms. The number of halogens is 1. The summed E-state index contributed by atoms with van der Waals surface area (Å²) in [5.74, 6) is -1.08. The average Bonchev–Trinajstić information content (AvgIpc) is 3.05. The number of hydrogen-bond donors (Lipinski definition) is 2. The molecule has 1 aliphatic heterocycles. The fourth-order valence-electron chi connectivity index (χ4n) is 4.85. The van der Waals surface area contributed by atoms with Gasteiger partial charge in [-0.05, 0) is 55.2 Å². The SMILES string of the molecule is O=C(c1ccccn1)N1CCc2c([nH]c3ccc(Cl)cc23)C1C1(C(=O)O)CCC1. The van der Waals surface area contributed by atoms with Crippen molar-refractivity contribution in [3.63, 3.8) is 0 Å². The topological polar surface area (TPSA) is 86.3 Å². The van der Waals surface area contributed by atoms with Crippen LogP contribution >= 0.6 is 11.6 Å². The molecule has 3 aromatic rings. The van der Waals surface area contributed by atoms with Crippen LogP contribution in [0.25, 0.3) is 10.9 Å². The summed E-state index contributed by atoms with van der Waals surface area (Å²) in [6, 6.07) is 10.3. The van der Waals surface area contributed by atoms with E-state index in [0.717, 1.165) is 28.6 Å². The first-order chi connectivity index (χ1) is 14.0. The lowest BCUT2D eigenvalue weighted by molar-refractivity contribution is -0.161. The van der Waals surface area contributed by atoms with Crippen molar-refractivity contribution in [1.82, 2.24) is 14.9 Å². The van der Waals surface area contributed by atoms with E-state index in [1.807, 2.05) is 18.2 Å². The Kier molecular flexibility index (Phi) is 4.13. The smallest absolute Gasteiger partial charge is 0.312 e. The number of H-pyrrole nitrogens is 1. The lowest BCUT2D eigenvalue weighted by Crippen LogP contribution is -2.54. The predicted molar refractivity (Wildman–Crippen MR) is 109 cm³/mol. The molecule has 2 aromatic heterocycles. The summed E-state index contributed by atoms with van der Waals surface area (Å²) in [7, 11) is 0. The molecule has 1 unspecified atom stereocenters. The molecule has 1 amide bonds. The third kappa shape index (κ3) is 2.66. The lowest BCUT2D eigenvalue weighted by Gasteiger charge is -2.50. The van der Waals surface area contributed by atoms with Gasteiger partial charge in [-0.25, -0.2) is 0 Å². The molecule has 6 nitrogen and oxygen atoms in total. The molecule has 1 atom stereocenters. The first kappa shape index (κ1) is 18.2. The summed E-state index contributed by atoms with van der Waals surface area (Å²) in [5, 5.41) is 11.8. The molecule has 1 fully saturated rings. The zero-order chi connectivity index (χ0) is 20.2. The number of carbonyl (C=O) groups is 2. The number of aromatic nitrogens is 2. The Bertz CT molecular complexity index is 1120. The van der Waals surface area contributed by atoms with E-state index >= 15 is 0 Å². The van der Waals surface area contributed by atoms with Crippen LogP contribution in [0.2, 0.25) is 5.02 Å². The van der Waals surface area contributed by atoms with E-state index in [2.05, 4.69) is 9.97 Å². The number of pyridine rings is 1. The molecular weight excluding hydrogens is 390 g/mol. The van der Waals surface area contributed by atoms with E-state index in [0.29, 0.717) is 36.5 Å². The maximum atomic E-state index is 13.3. The van der Waals surface area contributed by atoms with Gasteiger partial charge < -0.3 is 15.0 Å². The number of rotatable bonds is 3. The molecule has 1 saturated carbocycles. The predicted octanol–water partition coefficient (Wildman–Crippen LogP) is 4.21. The van der Waals surface area contributed by atoms with E-state index in [4.69, 9.17) is 11.6 Å². The number of nitrogens with one attached hydrogen (secondary N) is 1. The fourth-order valence-corrected chi connectivity index (χ4v) is 5.02. The summed E-state index contributed by atoms with van der Waals surface area (Å²) in [5.41, 5.74) is 2.14. The van der Waals surface area contributed by atoms with Crippen molar-refractivity contribution in [2.75, 3.05) is 6.54 Å². The van der Waals surface area contributed by atoms with Crippen molar-refractivity contribution >= 4 is 34.4 Å². The molecule has 2 N–H and O–H groups in total. The zero-order valence-electron chi connectivity index (χ0n) is 15.7. The van der Waals surface area contributed by atoms with Crippen molar-refractivity contribution in [3.05, 3.63) is 64.6 Å². The number of hydrogen-bond acceptors (Lipinski definition) is 3. The minimum Gasteiger partial charge on any atom is -0.481 e. The normalized spacial score (nSPS) is 20.2. The molecule has 0 spiro atoms. The van der Waals surface area contributed by atoms with Gasteiger partial charge in [-0.1, -0.05) is 24.1 Å². The number of carboxylic acids is 1. The number of aliphatic carboxylic acids is 1. The Morgan fingerprint density at radius 2 is 2.07 bits per heavy atom. The summed E-state index contributed by atoms with van der Waals surface area (Å²) in [4.78, 5) is 35.1. The average molecular weight is 410 g/mol. The fraction of sp³-hybridized carbons (Fsp3) is 0.318. The van der Waals surface area contributed by atoms with E-state index in [-0.39, 0.29) is 5.91 Å². The third-order valence-corrected chi connectivity index (χ3v) is 6.66. The largest absolute Gasteiger partial charge is 0.481 e. The van der Waals surface area contributed by atoms with Crippen LogP contribution in [0.1, 0.15) is 47.1 Å². The van der Waals surface area contributed by atoms with Crippen molar-refractivity contribution in [2.45, 2.75) is 31.7 Å². The van der Waals surface area contributed by atoms with E-state index in [1.54, 1.807) is 29.3 Å². The van der Waals surface area contributed by atoms with Gasteiger partial charge in [0.05, 0.1) is 11.5 Å². The Hall–Kier alpha value is -2.86. The van der Waals surface area contributed by atoms with Crippen LogP contribution in [-0.4, -0.2) is 38.4 Å². The first-order valence-electron chi connectivity index (χ1n) is 9.77. The summed E-state index contributed by atoms with van der Waals surface area (Å²) >= 11 is 6.21. The van der Waals surface area contributed by atoms with Crippen LogP contribution in [-0.2, 0) is 11.2 Å². The molecule has 1 aromatic carbocycles. The third-order valence-electron chi connectivity index (χ3n) is 6.43. The molecule has 148 valence electrons. The number of aromatic amines is 1. The molecule has 7 heteroatoms. The number of benzene rings is 1. The summed E-state index contributed by atoms with van der Waals surface area (Å²) < 4.78 is 0. The van der Waals surface area contributed by atoms with Crippen LogP contribution < -0.4 is 0 Å². The van der Waals surface area contributed by atoms with Crippen LogP contribution in [0.4, 0.5) is 0 Å². The van der Waals surface area contributed by atoms with Gasteiger partial charge >= 0.3 is 5.97 Å². The Morgan fingerprint density at radius 1 is 1.24 bits per heavy atom. The van der Waals surface area contributed by atoms with E-state index < -0.39 is 17.4 Å². The number of fused-ring (bicyclic) bond motifs is 3. The highest BCUT2D eigenvalue weighted by molar-refractivity contribution is 6.31. The monoisotopic (exact) mass is 409 g/mol. The van der Waals surface area contributed by atoms with Gasteiger partial charge in [-0.3, -0.25) is 14.6 Å². The maximum absolute atomic E-state index is 13.3. The Balaban J connectivity index is 1.69. The van der Waals surface area contributed by atoms with E-state index in [9.17, 15) is 14.7 Å². The summed E-state index contributed by atoms with van der Waals surface area (Å²) in [6.07, 6.45) is 4.16. The molecule has 29 heavy (non-hydrogen) atoms. The van der Waals surface area contributed by atoms with Crippen molar-refractivity contribution in [1.29, 1.82) is 0 Å². The molecule has 1 aliphatic carbocycles. The van der Waals surface area contributed by atoms with Gasteiger partial charge in [0.25, 0.3) is 5.91 Å². The number of nitrogens with zero attached hydrogens (tertiary/aromatic N) is 2. The highest BCUT2D eigenvalue weighted by Crippen LogP contribution is 2.55. The quantitative estimate of drug-likeness (QED) is 0.678. The van der Waals surface area contributed by atoms with E-state index in [1.165, 1.54) is 0 Å². The zero-order valence-corrected chi connectivity index (χ0v) is 16.4. The second-order valence-electron chi connectivity index (χ2n) is 7.89. The van der Waals surface area contributed by atoms with Gasteiger partial charge in [0.2, 0.25) is 0 Å². The van der Waals surface area contributed by atoms with Gasteiger partial charge in [0.1, 0.15) is 5.69 Å². The molecule has 5 rings (SSSR count). The second kappa shape index (κ2) is 6.59. The maximum Gasteiger partial charge on any atom is 0.312 e. The standard InChI is InChI=1S/C22H20ClN3O3/c23-13-5-6-16-15(12-13)14-7-11-26(20(27)17-4-1-2-10-24-17)19(18(14)25-16)22(21(28)29)8-3-9-22/h1-2,4-6,10,12,19,25H,3,7-9,11H2,(H,28,29). The molecule has 3 heterocycles. The van der Waals surface area contributed by atoms with Gasteiger partial charge in [0.15, 0.2) is 0 Å². The lowest BCUT2D eigenvalue weighted by atomic mass is 9.61. The minimum absolute atomic E-state index is 0.231. The number of amides is 1. The summed E-state index contributed by atoms with van der Waals surface area (Å²) in [6.45, 7) is 0.446. The number of carboxylic acid groups (broad SMARTS) is 1.